The van der Waals surface area contributed by atoms with Crippen LogP contribution in [0.15, 0.2) is 30.3 Å². The maximum atomic E-state index is 11.7. The zero-order valence-corrected chi connectivity index (χ0v) is 9.76. The third-order valence-corrected chi connectivity index (χ3v) is 2.43. The molecule has 0 radical (unpaired) electrons. The molecule has 94 valence electrons. The van der Waals surface area contributed by atoms with Crippen LogP contribution in [0.5, 0.6) is 0 Å². The van der Waals surface area contributed by atoms with Gasteiger partial charge in [0.1, 0.15) is 11.6 Å². The molecule has 5 nitrogen and oxygen atoms in total. The lowest BCUT2D eigenvalue weighted by atomic mass is 10.1. The molecule has 0 saturated carbocycles. The highest BCUT2D eigenvalue weighted by molar-refractivity contribution is 5.82. The molecule has 0 aliphatic carbocycles. The van der Waals surface area contributed by atoms with Crippen molar-refractivity contribution in [1.82, 2.24) is 5.32 Å². The highest BCUT2D eigenvalue weighted by Crippen LogP contribution is 2.09. The number of nitrogens with one attached hydrogen (secondary N) is 1. The second-order valence-electron chi connectivity index (χ2n) is 4.26. The highest BCUT2D eigenvalue weighted by Gasteiger charge is 2.22. The Morgan fingerprint density at radius 1 is 1.47 bits per heavy atom. The van der Waals surface area contributed by atoms with Crippen LogP contribution >= 0.6 is 0 Å². The van der Waals surface area contributed by atoms with E-state index in [1.165, 1.54) is 6.92 Å². The lowest BCUT2D eigenvalue weighted by Gasteiger charge is -2.22. The molecule has 0 aliphatic rings. The summed E-state index contributed by atoms with van der Waals surface area (Å²) in [5, 5.41) is 20.8. The number of nitrogens with two attached hydrogens (primary N) is 1. The number of rotatable bonds is 5. The molecule has 2 atom stereocenters. The largest absolute Gasteiger partial charge is 0.393 e. The number of hydrogen-bond acceptors (Lipinski definition) is 4. The van der Waals surface area contributed by atoms with E-state index in [2.05, 4.69) is 5.32 Å². The van der Waals surface area contributed by atoms with E-state index in [0.717, 1.165) is 0 Å². The van der Waals surface area contributed by atoms with E-state index in [4.69, 9.17) is 10.8 Å². The molecule has 5 N–H and O–H groups in total. The lowest BCUT2D eigenvalue weighted by molar-refractivity contribution is -0.124. The Labute approximate surface area is 100 Å². The number of benzene rings is 1. The molecule has 1 rings (SSSR count). The van der Waals surface area contributed by atoms with Crippen LogP contribution in [-0.2, 0) is 4.79 Å². The van der Waals surface area contributed by atoms with Crippen LogP contribution in [-0.4, -0.2) is 34.9 Å². The van der Waals surface area contributed by atoms with Crippen molar-refractivity contribution in [3.05, 3.63) is 35.9 Å². The smallest absolute Gasteiger partial charge is 0.241 e. The van der Waals surface area contributed by atoms with Gasteiger partial charge in [-0.2, -0.15) is 0 Å². The van der Waals surface area contributed by atoms with Crippen molar-refractivity contribution < 1.29 is 15.0 Å². The van der Waals surface area contributed by atoms with Gasteiger partial charge in [-0.1, -0.05) is 30.3 Å². The van der Waals surface area contributed by atoms with E-state index in [-0.39, 0.29) is 12.5 Å². The van der Waals surface area contributed by atoms with Crippen LogP contribution in [0.4, 0.5) is 0 Å². The molecular weight excluding hydrogens is 220 g/mol. The van der Waals surface area contributed by atoms with Crippen molar-refractivity contribution in [2.24, 2.45) is 5.73 Å². The summed E-state index contributed by atoms with van der Waals surface area (Å²) in [5.41, 5.74) is 5.13. The molecule has 1 unspecified atom stereocenters. The summed E-state index contributed by atoms with van der Waals surface area (Å²) in [7, 11) is 0. The molecule has 0 heterocycles. The summed E-state index contributed by atoms with van der Waals surface area (Å²) < 4.78 is 0. The lowest BCUT2D eigenvalue weighted by Crippen LogP contribution is -2.45. The third kappa shape index (κ3) is 4.14. The second kappa shape index (κ2) is 5.77. The molecule has 1 aromatic carbocycles. The van der Waals surface area contributed by atoms with Crippen LogP contribution in [0, 0.1) is 0 Å². The molecule has 0 fully saturated rings. The predicted molar refractivity (Wildman–Crippen MR) is 64.1 cm³/mol. The first-order valence-electron chi connectivity index (χ1n) is 5.38. The van der Waals surface area contributed by atoms with Gasteiger partial charge in [0.2, 0.25) is 5.91 Å². The average Bonchev–Trinajstić information content (AvgIpc) is 2.36. The van der Waals surface area contributed by atoms with Crippen molar-refractivity contribution in [1.29, 1.82) is 0 Å². The topological polar surface area (TPSA) is 95.6 Å². The van der Waals surface area contributed by atoms with Gasteiger partial charge >= 0.3 is 0 Å². The number of carbonyl (C=O) groups is 1. The summed E-state index contributed by atoms with van der Waals surface area (Å²) in [6, 6.07) is 8.18. The minimum atomic E-state index is -1.33. The molecule has 0 saturated heterocycles. The summed E-state index contributed by atoms with van der Waals surface area (Å²) in [4.78, 5) is 11.7. The minimum Gasteiger partial charge on any atom is -0.393 e. The number of hydrogen-bond donors (Lipinski definition) is 4. The Hall–Kier alpha value is -1.43. The fraction of sp³-hybridized carbons (Fsp3) is 0.417. The molecule has 5 heteroatoms. The Kier molecular flexibility index (Phi) is 4.62. The van der Waals surface area contributed by atoms with Crippen LogP contribution < -0.4 is 11.1 Å². The predicted octanol–water partition coefficient (Wildman–Crippen LogP) is -0.454. The fourth-order valence-electron chi connectivity index (χ4n) is 1.26. The quantitative estimate of drug-likeness (QED) is 0.558. The van der Waals surface area contributed by atoms with E-state index in [0.29, 0.717) is 5.56 Å². The first-order valence-corrected chi connectivity index (χ1v) is 5.38. The summed E-state index contributed by atoms with van der Waals surface area (Å²) in [6.45, 7) is 0.970. The van der Waals surface area contributed by atoms with Crippen molar-refractivity contribution in [3.63, 3.8) is 0 Å². The molecule has 0 bridgehead atoms. The molecule has 0 aliphatic heterocycles. The SMILES string of the molecule is CC(O)(CO)CNC(=O)[C@@H](N)c1ccccc1. The van der Waals surface area contributed by atoms with Gasteiger partial charge in [0.25, 0.3) is 0 Å². The summed E-state index contributed by atoms with van der Waals surface area (Å²) >= 11 is 0. The van der Waals surface area contributed by atoms with Gasteiger partial charge in [0, 0.05) is 6.54 Å². The van der Waals surface area contributed by atoms with Crippen molar-refractivity contribution >= 4 is 5.91 Å². The Morgan fingerprint density at radius 2 is 2.06 bits per heavy atom. The van der Waals surface area contributed by atoms with Crippen molar-refractivity contribution in [3.8, 4) is 0 Å². The molecule has 17 heavy (non-hydrogen) atoms. The zero-order valence-electron chi connectivity index (χ0n) is 9.76. The first kappa shape index (κ1) is 13.6. The van der Waals surface area contributed by atoms with E-state index in [1.54, 1.807) is 24.3 Å². The molecule has 0 spiro atoms. The molecule has 1 amide bonds. The van der Waals surface area contributed by atoms with Gasteiger partial charge in [-0.3, -0.25) is 4.79 Å². The number of amides is 1. The van der Waals surface area contributed by atoms with Crippen LogP contribution in [0.2, 0.25) is 0 Å². The summed E-state index contributed by atoms with van der Waals surface area (Å²) in [5.74, 6) is -0.384. The Bertz CT molecular complexity index is 365. The van der Waals surface area contributed by atoms with E-state index in [9.17, 15) is 9.90 Å². The van der Waals surface area contributed by atoms with Crippen molar-refractivity contribution in [2.45, 2.75) is 18.6 Å². The molecular formula is C12H18N2O3. The molecule has 1 aromatic rings. The maximum Gasteiger partial charge on any atom is 0.241 e. The third-order valence-electron chi connectivity index (χ3n) is 2.43. The Morgan fingerprint density at radius 3 is 2.59 bits per heavy atom. The highest BCUT2D eigenvalue weighted by atomic mass is 16.3. The summed E-state index contributed by atoms with van der Waals surface area (Å²) in [6.07, 6.45) is 0. The minimum absolute atomic E-state index is 0.0388. The number of aliphatic hydroxyl groups excluding tert-OH is 1. The zero-order chi connectivity index (χ0) is 12.9. The van der Waals surface area contributed by atoms with E-state index in [1.807, 2.05) is 6.07 Å². The monoisotopic (exact) mass is 238 g/mol. The van der Waals surface area contributed by atoms with Gasteiger partial charge in [-0.05, 0) is 12.5 Å². The fourth-order valence-corrected chi connectivity index (χ4v) is 1.26. The first-order chi connectivity index (χ1) is 7.96. The van der Waals surface area contributed by atoms with Gasteiger partial charge in [0.05, 0.1) is 6.61 Å². The maximum absolute atomic E-state index is 11.7. The second-order valence-corrected chi connectivity index (χ2v) is 4.26. The standard InChI is InChI=1S/C12H18N2O3/c1-12(17,8-15)7-14-11(16)10(13)9-5-3-2-4-6-9/h2-6,10,15,17H,7-8,13H2,1H3,(H,14,16)/t10-,12?/m0/s1. The van der Waals surface area contributed by atoms with Gasteiger partial charge in [0.15, 0.2) is 0 Å². The van der Waals surface area contributed by atoms with Gasteiger partial charge in [-0.25, -0.2) is 0 Å². The number of aliphatic hydroxyl groups is 2. The normalized spacial score (nSPS) is 16.0. The van der Waals surface area contributed by atoms with Crippen molar-refractivity contribution in [2.75, 3.05) is 13.2 Å². The Balaban J connectivity index is 2.54. The van der Waals surface area contributed by atoms with Gasteiger partial charge < -0.3 is 21.3 Å². The average molecular weight is 238 g/mol. The van der Waals surface area contributed by atoms with Crippen LogP contribution in [0.1, 0.15) is 18.5 Å². The van der Waals surface area contributed by atoms with E-state index < -0.39 is 18.2 Å². The van der Waals surface area contributed by atoms with E-state index >= 15 is 0 Å². The molecule has 0 aromatic heterocycles. The van der Waals surface area contributed by atoms with Crippen LogP contribution in [0.25, 0.3) is 0 Å². The number of carbonyl (C=O) groups excluding carboxylic acids is 1. The van der Waals surface area contributed by atoms with Crippen LogP contribution in [0.3, 0.4) is 0 Å². The van der Waals surface area contributed by atoms with Gasteiger partial charge in [-0.15, -0.1) is 0 Å².